The maximum absolute atomic E-state index is 12.1. The van der Waals surface area contributed by atoms with Crippen LogP contribution in [0.15, 0.2) is 36.7 Å². The third kappa shape index (κ3) is 2.16. The van der Waals surface area contributed by atoms with Crippen LogP contribution in [0, 0.1) is 11.3 Å². The molecule has 0 aromatic carbocycles. The molecule has 0 unspecified atom stereocenters. The number of aromatic amines is 1. The number of rotatable bonds is 2. The zero-order valence-electron chi connectivity index (χ0n) is 9.21. The van der Waals surface area contributed by atoms with Crippen LogP contribution in [0.3, 0.4) is 0 Å². The Labute approximate surface area is 98.3 Å². The third-order valence-corrected chi connectivity index (χ3v) is 2.37. The Balaban J connectivity index is 2.28. The summed E-state index contributed by atoms with van der Waals surface area (Å²) in [6, 6.07) is 8.57. The quantitative estimate of drug-likeness (QED) is 0.844. The van der Waals surface area contributed by atoms with Crippen LogP contribution in [-0.4, -0.2) is 22.9 Å². The number of carbonyl (C=O) groups is 1. The number of nitriles is 1. The predicted octanol–water partition coefficient (Wildman–Crippen LogP) is 1.56. The van der Waals surface area contributed by atoms with Crippen molar-refractivity contribution in [3.8, 4) is 6.07 Å². The van der Waals surface area contributed by atoms with Gasteiger partial charge in [-0.25, -0.2) is 4.98 Å². The van der Waals surface area contributed by atoms with Crippen molar-refractivity contribution in [2.45, 2.75) is 0 Å². The lowest BCUT2D eigenvalue weighted by molar-refractivity contribution is 0.0992. The molecule has 2 rings (SSSR count). The molecular weight excluding hydrogens is 216 g/mol. The molecule has 2 aromatic rings. The number of aromatic nitrogens is 2. The number of hydrogen-bond acceptors (Lipinski definition) is 3. The van der Waals surface area contributed by atoms with E-state index in [1.807, 2.05) is 12.1 Å². The molecule has 2 heterocycles. The van der Waals surface area contributed by atoms with Gasteiger partial charge in [-0.15, -0.1) is 0 Å². The summed E-state index contributed by atoms with van der Waals surface area (Å²) in [4.78, 5) is 20.3. The predicted molar refractivity (Wildman–Crippen MR) is 62.5 cm³/mol. The van der Waals surface area contributed by atoms with Gasteiger partial charge in [-0.3, -0.25) is 9.69 Å². The lowest BCUT2D eigenvalue weighted by atomic mass is 10.2. The van der Waals surface area contributed by atoms with Gasteiger partial charge >= 0.3 is 0 Å². The normalized spacial score (nSPS) is 9.65. The van der Waals surface area contributed by atoms with Crippen molar-refractivity contribution in [3.63, 3.8) is 0 Å². The van der Waals surface area contributed by atoms with E-state index < -0.39 is 0 Å². The van der Waals surface area contributed by atoms with E-state index in [2.05, 4.69) is 9.97 Å². The number of hydrogen-bond donors (Lipinski definition) is 1. The first kappa shape index (κ1) is 10.9. The molecule has 0 saturated carbocycles. The summed E-state index contributed by atoms with van der Waals surface area (Å²) in [5.74, 6) is 0.511. The first-order valence-corrected chi connectivity index (χ1v) is 5.00. The molecule has 0 fully saturated rings. The molecule has 0 aliphatic heterocycles. The first-order chi connectivity index (χ1) is 8.22. The Morgan fingerprint density at radius 3 is 3.00 bits per heavy atom. The minimum Gasteiger partial charge on any atom is -0.348 e. The summed E-state index contributed by atoms with van der Waals surface area (Å²) >= 11 is 0. The molecule has 0 bridgehead atoms. The first-order valence-electron chi connectivity index (χ1n) is 5.00. The van der Waals surface area contributed by atoms with Crippen molar-refractivity contribution in [3.05, 3.63) is 47.9 Å². The molecule has 0 aliphatic carbocycles. The zero-order chi connectivity index (χ0) is 12.3. The van der Waals surface area contributed by atoms with Gasteiger partial charge in [0.25, 0.3) is 5.91 Å². The van der Waals surface area contributed by atoms with Crippen LogP contribution in [-0.2, 0) is 0 Å². The topological polar surface area (TPSA) is 72.8 Å². The van der Waals surface area contributed by atoms with E-state index in [9.17, 15) is 4.79 Å². The molecule has 5 heteroatoms. The van der Waals surface area contributed by atoms with Crippen LogP contribution in [0.25, 0.3) is 0 Å². The molecule has 5 nitrogen and oxygen atoms in total. The lowest BCUT2D eigenvalue weighted by Gasteiger charge is -2.15. The number of anilines is 1. The van der Waals surface area contributed by atoms with Gasteiger partial charge in [0, 0.05) is 25.0 Å². The van der Waals surface area contributed by atoms with Crippen LogP contribution in [0.2, 0.25) is 0 Å². The molecule has 0 atom stereocenters. The Bertz CT molecular complexity index is 568. The SMILES string of the molecule is CN(C(=O)c1ccnc(C#N)c1)c1ccc[nH]1. The number of H-pyrrole nitrogens is 1. The van der Waals surface area contributed by atoms with E-state index in [1.54, 1.807) is 25.4 Å². The highest BCUT2D eigenvalue weighted by Gasteiger charge is 2.14. The number of pyridine rings is 1. The van der Waals surface area contributed by atoms with E-state index >= 15 is 0 Å². The maximum Gasteiger partial charge on any atom is 0.259 e. The van der Waals surface area contributed by atoms with Crippen LogP contribution >= 0.6 is 0 Å². The smallest absolute Gasteiger partial charge is 0.259 e. The number of nitrogens with zero attached hydrogens (tertiary/aromatic N) is 3. The van der Waals surface area contributed by atoms with Crippen molar-refractivity contribution < 1.29 is 4.79 Å². The molecule has 17 heavy (non-hydrogen) atoms. The molecule has 2 aromatic heterocycles. The van der Waals surface area contributed by atoms with E-state index in [-0.39, 0.29) is 11.6 Å². The summed E-state index contributed by atoms with van der Waals surface area (Å²) in [5.41, 5.74) is 0.671. The zero-order valence-corrected chi connectivity index (χ0v) is 9.21. The monoisotopic (exact) mass is 226 g/mol. The average Bonchev–Trinajstić information content (AvgIpc) is 2.91. The molecular formula is C12H10N4O. The van der Waals surface area contributed by atoms with Crippen LogP contribution in [0.4, 0.5) is 5.82 Å². The molecule has 84 valence electrons. The van der Waals surface area contributed by atoms with Crippen LogP contribution < -0.4 is 4.90 Å². The molecule has 1 amide bonds. The molecule has 0 spiro atoms. The summed E-state index contributed by atoms with van der Waals surface area (Å²) in [5, 5.41) is 8.72. The second kappa shape index (κ2) is 4.49. The Kier molecular flexibility index (Phi) is 2.88. The summed E-state index contributed by atoms with van der Waals surface area (Å²) < 4.78 is 0. The highest BCUT2D eigenvalue weighted by atomic mass is 16.2. The summed E-state index contributed by atoms with van der Waals surface area (Å²) in [6.07, 6.45) is 3.20. The van der Waals surface area contributed by atoms with Gasteiger partial charge in [-0.2, -0.15) is 5.26 Å². The Morgan fingerprint density at radius 2 is 2.35 bits per heavy atom. The summed E-state index contributed by atoms with van der Waals surface area (Å²) in [7, 11) is 1.67. The van der Waals surface area contributed by atoms with Crippen molar-refractivity contribution in [2.24, 2.45) is 0 Å². The second-order valence-corrected chi connectivity index (χ2v) is 3.46. The highest BCUT2D eigenvalue weighted by molar-refractivity contribution is 6.05. The lowest BCUT2D eigenvalue weighted by Crippen LogP contribution is -2.26. The fourth-order valence-electron chi connectivity index (χ4n) is 1.46. The van der Waals surface area contributed by atoms with Crippen LogP contribution in [0.5, 0.6) is 0 Å². The average molecular weight is 226 g/mol. The van der Waals surface area contributed by atoms with Crippen molar-refractivity contribution >= 4 is 11.7 Å². The standard InChI is InChI=1S/C12H10N4O/c1-16(11-3-2-5-15-11)12(17)9-4-6-14-10(7-9)8-13/h2-7,15H,1H3. The third-order valence-electron chi connectivity index (χ3n) is 2.37. The second-order valence-electron chi connectivity index (χ2n) is 3.46. The van der Waals surface area contributed by atoms with E-state index in [0.717, 1.165) is 0 Å². The van der Waals surface area contributed by atoms with E-state index in [1.165, 1.54) is 17.2 Å². The van der Waals surface area contributed by atoms with Crippen molar-refractivity contribution in [1.29, 1.82) is 5.26 Å². The largest absolute Gasteiger partial charge is 0.348 e. The van der Waals surface area contributed by atoms with Gasteiger partial charge in [0.05, 0.1) is 0 Å². The minimum atomic E-state index is -0.189. The Morgan fingerprint density at radius 1 is 1.53 bits per heavy atom. The molecule has 1 N–H and O–H groups in total. The van der Waals surface area contributed by atoms with E-state index in [4.69, 9.17) is 5.26 Å². The molecule has 0 aliphatic rings. The summed E-state index contributed by atoms with van der Waals surface area (Å²) in [6.45, 7) is 0. The number of amides is 1. The highest BCUT2D eigenvalue weighted by Crippen LogP contribution is 2.12. The van der Waals surface area contributed by atoms with Crippen molar-refractivity contribution in [2.75, 3.05) is 11.9 Å². The fourth-order valence-corrected chi connectivity index (χ4v) is 1.46. The minimum absolute atomic E-state index is 0.189. The fraction of sp³-hybridized carbons (Fsp3) is 0.0833. The van der Waals surface area contributed by atoms with E-state index in [0.29, 0.717) is 11.4 Å². The van der Waals surface area contributed by atoms with Gasteiger partial charge in [-0.05, 0) is 24.3 Å². The molecule has 0 saturated heterocycles. The van der Waals surface area contributed by atoms with Crippen molar-refractivity contribution in [1.82, 2.24) is 9.97 Å². The molecule has 0 radical (unpaired) electrons. The number of nitrogens with one attached hydrogen (secondary N) is 1. The maximum atomic E-state index is 12.1. The Hall–Kier alpha value is -2.61. The van der Waals surface area contributed by atoms with Gasteiger partial charge in [0.2, 0.25) is 0 Å². The van der Waals surface area contributed by atoms with Gasteiger partial charge in [-0.1, -0.05) is 0 Å². The van der Waals surface area contributed by atoms with Crippen LogP contribution in [0.1, 0.15) is 16.1 Å². The number of carbonyl (C=O) groups excluding carboxylic acids is 1. The van der Waals surface area contributed by atoms with Gasteiger partial charge < -0.3 is 4.98 Å². The van der Waals surface area contributed by atoms with Gasteiger partial charge in [0.1, 0.15) is 17.6 Å². The van der Waals surface area contributed by atoms with Gasteiger partial charge in [0.15, 0.2) is 0 Å².